The molecule has 0 aliphatic rings. The predicted octanol–water partition coefficient (Wildman–Crippen LogP) is 1.04. The minimum Gasteiger partial charge on any atom is -0.481 e. The summed E-state index contributed by atoms with van der Waals surface area (Å²) < 4.78 is 11.3. The van der Waals surface area contributed by atoms with Gasteiger partial charge < -0.3 is 24.4 Å². The van der Waals surface area contributed by atoms with Gasteiger partial charge in [0.15, 0.2) is 0 Å². The number of carboxylic acids is 2. The van der Waals surface area contributed by atoms with E-state index in [0.29, 0.717) is 26.2 Å². The smallest absolute Gasteiger partial charge is 0.334 e. The first-order valence-electron chi connectivity index (χ1n) is 6.80. The Morgan fingerprint density at radius 2 is 1.75 bits per heavy atom. The molecule has 118 valence electrons. The fourth-order valence-electron chi connectivity index (χ4n) is 1.90. The summed E-state index contributed by atoms with van der Waals surface area (Å²) in [7, 11) is -2.18. The molecule has 1 atom stereocenters. The Kier molecular flexibility index (Phi) is 9.39. The van der Waals surface area contributed by atoms with Crippen molar-refractivity contribution in [2.75, 3.05) is 19.8 Å². The quantitative estimate of drug-likeness (QED) is 0.365. The molecule has 0 unspecified atom stereocenters. The van der Waals surface area contributed by atoms with E-state index in [1.807, 2.05) is 20.4 Å². The minimum atomic E-state index is -2.18. The first-order chi connectivity index (χ1) is 9.34. The zero-order chi connectivity index (χ0) is 15.6. The normalized spacial score (nSPS) is 13.2. The van der Waals surface area contributed by atoms with Crippen molar-refractivity contribution in [3.8, 4) is 0 Å². The second kappa shape index (κ2) is 9.86. The fraction of sp³-hybridized carbons (Fsp3) is 0.833. The van der Waals surface area contributed by atoms with Gasteiger partial charge in [-0.3, -0.25) is 9.59 Å². The second-order valence-electron chi connectivity index (χ2n) is 4.55. The van der Waals surface area contributed by atoms with Crippen LogP contribution in [0.5, 0.6) is 0 Å². The standard InChI is InChI=1S/C12H25NO6Si/c1-4-18-20(3,19-5-2)8-6-7-13-10(12(16)17)9-11(14)15/h10,13H,4-9H2,1-3H3,(H,14,15)(H,16,17)/t10-/m0/s1. The maximum Gasteiger partial charge on any atom is 0.334 e. The summed E-state index contributed by atoms with van der Waals surface area (Å²) in [5.41, 5.74) is 0. The number of nitrogens with one attached hydrogen (secondary N) is 1. The van der Waals surface area contributed by atoms with Gasteiger partial charge in [0.05, 0.1) is 6.42 Å². The summed E-state index contributed by atoms with van der Waals surface area (Å²) >= 11 is 0. The van der Waals surface area contributed by atoms with Gasteiger partial charge in [0.2, 0.25) is 0 Å². The zero-order valence-electron chi connectivity index (χ0n) is 12.3. The van der Waals surface area contributed by atoms with Crippen LogP contribution in [0, 0.1) is 0 Å². The summed E-state index contributed by atoms with van der Waals surface area (Å²) in [5.74, 6) is -2.28. The molecule has 0 saturated carbocycles. The van der Waals surface area contributed by atoms with Crippen molar-refractivity contribution in [1.29, 1.82) is 0 Å². The summed E-state index contributed by atoms with van der Waals surface area (Å²) in [4.78, 5) is 21.4. The maximum atomic E-state index is 10.9. The third-order valence-electron chi connectivity index (χ3n) is 2.77. The molecule has 7 nitrogen and oxygen atoms in total. The van der Waals surface area contributed by atoms with Gasteiger partial charge in [-0.05, 0) is 39.4 Å². The third kappa shape index (κ3) is 8.26. The molecule has 0 heterocycles. The van der Waals surface area contributed by atoms with Gasteiger partial charge in [-0.25, -0.2) is 0 Å². The van der Waals surface area contributed by atoms with Crippen LogP contribution < -0.4 is 5.32 Å². The Labute approximate surface area is 120 Å². The largest absolute Gasteiger partial charge is 0.481 e. The Bertz CT molecular complexity index is 306. The van der Waals surface area contributed by atoms with Gasteiger partial charge in [-0.2, -0.15) is 0 Å². The van der Waals surface area contributed by atoms with Crippen LogP contribution in [0.25, 0.3) is 0 Å². The fourth-order valence-corrected chi connectivity index (χ4v) is 4.32. The molecule has 0 aromatic carbocycles. The van der Waals surface area contributed by atoms with Crippen LogP contribution in [0.4, 0.5) is 0 Å². The van der Waals surface area contributed by atoms with Crippen molar-refractivity contribution >= 4 is 20.5 Å². The van der Waals surface area contributed by atoms with Gasteiger partial charge in [-0.1, -0.05) is 0 Å². The summed E-state index contributed by atoms with van der Waals surface area (Å²) in [6.07, 6.45) is 0.257. The predicted molar refractivity (Wildman–Crippen MR) is 76.0 cm³/mol. The van der Waals surface area contributed by atoms with Crippen molar-refractivity contribution in [2.24, 2.45) is 0 Å². The third-order valence-corrected chi connectivity index (χ3v) is 5.84. The summed E-state index contributed by atoms with van der Waals surface area (Å²) in [6, 6.07) is -0.319. The zero-order valence-corrected chi connectivity index (χ0v) is 13.3. The SMILES string of the molecule is CCO[Si](C)(CCCN[C@@H](CC(=O)O)C(=O)O)OCC. The van der Waals surface area contributed by atoms with Crippen LogP contribution in [-0.4, -0.2) is 56.5 Å². The van der Waals surface area contributed by atoms with E-state index in [0.717, 1.165) is 6.04 Å². The number of carbonyl (C=O) groups is 2. The van der Waals surface area contributed by atoms with Crippen LogP contribution in [0.15, 0.2) is 0 Å². The molecule has 3 N–H and O–H groups in total. The van der Waals surface area contributed by atoms with Gasteiger partial charge in [0, 0.05) is 13.2 Å². The molecule has 0 amide bonds. The van der Waals surface area contributed by atoms with Gasteiger partial charge >= 0.3 is 20.5 Å². The molecule has 0 spiro atoms. The molecule has 0 bridgehead atoms. The topological polar surface area (TPSA) is 105 Å². The molecule has 8 heteroatoms. The molecule has 0 saturated heterocycles. The number of hydrogen-bond donors (Lipinski definition) is 3. The Hall–Kier alpha value is -0.963. The Morgan fingerprint density at radius 3 is 2.15 bits per heavy atom. The Balaban J connectivity index is 4.13. The van der Waals surface area contributed by atoms with E-state index in [-0.39, 0.29) is 0 Å². The minimum absolute atomic E-state index is 0.424. The lowest BCUT2D eigenvalue weighted by molar-refractivity contribution is -0.145. The molecule has 0 aliphatic carbocycles. The summed E-state index contributed by atoms with van der Waals surface area (Å²) in [6.45, 7) is 7.41. The van der Waals surface area contributed by atoms with E-state index in [9.17, 15) is 9.59 Å². The first-order valence-corrected chi connectivity index (χ1v) is 9.33. The highest BCUT2D eigenvalue weighted by atomic mass is 28.4. The highest BCUT2D eigenvalue weighted by Crippen LogP contribution is 2.15. The number of carboxylic acid groups (broad SMARTS) is 2. The maximum absolute atomic E-state index is 10.9. The van der Waals surface area contributed by atoms with E-state index >= 15 is 0 Å². The number of hydrogen-bond acceptors (Lipinski definition) is 5. The second-order valence-corrected chi connectivity index (χ2v) is 7.89. The molecular weight excluding hydrogens is 282 g/mol. The lowest BCUT2D eigenvalue weighted by Crippen LogP contribution is -2.42. The van der Waals surface area contributed by atoms with E-state index in [1.54, 1.807) is 0 Å². The highest BCUT2D eigenvalue weighted by molar-refractivity contribution is 6.66. The van der Waals surface area contributed by atoms with Crippen LogP contribution >= 0.6 is 0 Å². The first kappa shape index (κ1) is 19.0. The molecule has 0 fully saturated rings. The monoisotopic (exact) mass is 307 g/mol. The number of aliphatic carboxylic acids is 2. The lowest BCUT2D eigenvalue weighted by atomic mass is 10.2. The highest BCUT2D eigenvalue weighted by Gasteiger charge is 2.30. The van der Waals surface area contributed by atoms with E-state index < -0.39 is 33.0 Å². The van der Waals surface area contributed by atoms with Crippen molar-refractivity contribution in [1.82, 2.24) is 5.32 Å². The van der Waals surface area contributed by atoms with Crippen LogP contribution in [0.2, 0.25) is 12.6 Å². The molecule has 0 aliphatic heterocycles. The van der Waals surface area contributed by atoms with Crippen molar-refractivity contribution in [2.45, 2.75) is 45.3 Å². The van der Waals surface area contributed by atoms with Gasteiger partial charge in [0.1, 0.15) is 6.04 Å². The van der Waals surface area contributed by atoms with Crippen molar-refractivity contribution < 1.29 is 28.7 Å². The number of rotatable bonds is 12. The average Bonchev–Trinajstić information content (AvgIpc) is 2.33. The van der Waals surface area contributed by atoms with Gasteiger partial charge in [0.25, 0.3) is 0 Å². The molecule has 0 aromatic heterocycles. The van der Waals surface area contributed by atoms with Gasteiger partial charge in [-0.15, -0.1) is 0 Å². The van der Waals surface area contributed by atoms with Crippen LogP contribution in [0.1, 0.15) is 26.7 Å². The van der Waals surface area contributed by atoms with E-state index in [1.165, 1.54) is 0 Å². The van der Waals surface area contributed by atoms with E-state index in [4.69, 9.17) is 19.1 Å². The van der Waals surface area contributed by atoms with Crippen molar-refractivity contribution in [3.63, 3.8) is 0 Å². The molecule has 20 heavy (non-hydrogen) atoms. The average molecular weight is 307 g/mol. The molecule has 0 aromatic rings. The Morgan fingerprint density at radius 1 is 1.20 bits per heavy atom. The molecule has 0 radical (unpaired) electrons. The lowest BCUT2D eigenvalue weighted by Gasteiger charge is -2.26. The molecule has 0 rings (SSSR count). The van der Waals surface area contributed by atoms with Crippen LogP contribution in [-0.2, 0) is 18.4 Å². The van der Waals surface area contributed by atoms with Crippen LogP contribution in [0.3, 0.4) is 0 Å². The van der Waals surface area contributed by atoms with Crippen molar-refractivity contribution in [3.05, 3.63) is 0 Å². The summed E-state index contributed by atoms with van der Waals surface area (Å²) in [5, 5.41) is 20.2. The van der Waals surface area contributed by atoms with E-state index in [2.05, 4.69) is 5.32 Å². The molecular formula is C12H25NO6Si.